The summed E-state index contributed by atoms with van der Waals surface area (Å²) in [6, 6.07) is 3.29. The second-order valence-electron chi connectivity index (χ2n) is 3.11. The van der Waals surface area contributed by atoms with E-state index in [9.17, 15) is 8.78 Å². The molecule has 5 heteroatoms. The number of hydrogen-bond donors (Lipinski definition) is 1. The van der Waals surface area contributed by atoms with E-state index < -0.39 is 11.6 Å². The molecule has 2 rings (SSSR count). The highest BCUT2D eigenvalue weighted by atomic mass is 32.1. The van der Waals surface area contributed by atoms with E-state index >= 15 is 0 Å². The molecule has 0 aliphatic heterocycles. The maximum Gasteiger partial charge on any atom is 0.180 e. The third kappa shape index (κ3) is 2.43. The maximum absolute atomic E-state index is 13.2. The molecule has 1 aromatic heterocycles. The summed E-state index contributed by atoms with van der Waals surface area (Å²) in [5.41, 5.74) is 6.26. The number of aromatic nitrogens is 1. The lowest BCUT2D eigenvalue weighted by molar-refractivity contribution is 0.598. The summed E-state index contributed by atoms with van der Waals surface area (Å²) >= 11 is 1.29. The van der Waals surface area contributed by atoms with Gasteiger partial charge in [-0.05, 0) is 30.4 Å². The number of hydrogen-bond acceptors (Lipinski definition) is 3. The second kappa shape index (κ2) is 4.40. The summed E-state index contributed by atoms with van der Waals surface area (Å²) in [5, 5.41) is 2.18. The zero-order chi connectivity index (χ0) is 11.5. The van der Waals surface area contributed by atoms with Gasteiger partial charge in [0.1, 0.15) is 11.6 Å². The SMILES string of the molecule is Nc1nc(C=Cc2cc(F)ccc2F)cs1. The van der Waals surface area contributed by atoms with Gasteiger partial charge >= 0.3 is 0 Å². The van der Waals surface area contributed by atoms with E-state index in [1.165, 1.54) is 17.4 Å². The highest BCUT2D eigenvalue weighted by molar-refractivity contribution is 7.13. The quantitative estimate of drug-likeness (QED) is 0.872. The van der Waals surface area contributed by atoms with Gasteiger partial charge in [-0.25, -0.2) is 13.8 Å². The van der Waals surface area contributed by atoms with Crippen molar-refractivity contribution >= 4 is 28.6 Å². The Balaban J connectivity index is 2.26. The molecular formula is C11H8F2N2S. The molecule has 0 unspecified atom stereocenters. The fraction of sp³-hybridized carbons (Fsp3) is 0. The Hall–Kier alpha value is -1.75. The number of rotatable bonds is 2. The zero-order valence-corrected chi connectivity index (χ0v) is 8.97. The van der Waals surface area contributed by atoms with Crippen LogP contribution in [0.15, 0.2) is 23.6 Å². The van der Waals surface area contributed by atoms with Gasteiger partial charge in [-0.2, -0.15) is 0 Å². The van der Waals surface area contributed by atoms with Crippen molar-refractivity contribution in [1.82, 2.24) is 4.98 Å². The Labute approximate surface area is 95.1 Å². The highest BCUT2D eigenvalue weighted by Gasteiger charge is 2.00. The number of nitrogen functional groups attached to an aromatic ring is 1. The first kappa shape index (κ1) is 10.8. The minimum absolute atomic E-state index is 0.187. The molecule has 1 aromatic carbocycles. The van der Waals surface area contributed by atoms with Crippen molar-refractivity contribution < 1.29 is 8.78 Å². The first-order valence-corrected chi connectivity index (χ1v) is 5.37. The predicted octanol–water partition coefficient (Wildman–Crippen LogP) is 3.17. The second-order valence-corrected chi connectivity index (χ2v) is 4.00. The summed E-state index contributed by atoms with van der Waals surface area (Å²) in [6.07, 6.45) is 3.05. The van der Waals surface area contributed by atoms with Gasteiger partial charge in [0.25, 0.3) is 0 Å². The lowest BCUT2D eigenvalue weighted by Gasteiger charge is -1.95. The van der Waals surface area contributed by atoms with Crippen LogP contribution in [0, 0.1) is 11.6 Å². The Morgan fingerprint density at radius 2 is 2.06 bits per heavy atom. The Bertz CT molecular complexity index is 535. The van der Waals surface area contributed by atoms with E-state index in [0.29, 0.717) is 10.8 Å². The lowest BCUT2D eigenvalue weighted by Crippen LogP contribution is -1.84. The molecule has 0 atom stereocenters. The van der Waals surface area contributed by atoms with Gasteiger partial charge in [-0.15, -0.1) is 11.3 Å². The molecule has 0 radical (unpaired) electrons. The standard InChI is InChI=1S/C11H8F2N2S/c12-8-2-4-10(13)7(5-8)1-3-9-6-16-11(14)15-9/h1-6H,(H2,14,15). The third-order valence-electron chi connectivity index (χ3n) is 1.93. The zero-order valence-electron chi connectivity index (χ0n) is 8.15. The third-order valence-corrected chi connectivity index (χ3v) is 2.62. The first-order chi connectivity index (χ1) is 7.65. The van der Waals surface area contributed by atoms with Crippen LogP contribution in [-0.2, 0) is 0 Å². The van der Waals surface area contributed by atoms with Crippen molar-refractivity contribution in [2.75, 3.05) is 5.73 Å². The minimum Gasteiger partial charge on any atom is -0.375 e. The van der Waals surface area contributed by atoms with E-state index in [0.717, 1.165) is 18.2 Å². The summed E-state index contributed by atoms with van der Waals surface area (Å²) in [4.78, 5) is 3.97. The van der Waals surface area contributed by atoms with Gasteiger partial charge in [0.15, 0.2) is 5.13 Å². The molecule has 2 nitrogen and oxygen atoms in total. The Kier molecular flexibility index (Phi) is 2.96. The van der Waals surface area contributed by atoms with E-state index in [4.69, 9.17) is 5.73 Å². The monoisotopic (exact) mass is 238 g/mol. The van der Waals surface area contributed by atoms with Crippen molar-refractivity contribution in [3.8, 4) is 0 Å². The van der Waals surface area contributed by atoms with Gasteiger partial charge < -0.3 is 5.73 Å². The van der Waals surface area contributed by atoms with E-state index in [2.05, 4.69) is 4.98 Å². The summed E-state index contributed by atoms with van der Waals surface area (Å²) in [7, 11) is 0. The Morgan fingerprint density at radius 1 is 1.25 bits per heavy atom. The van der Waals surface area contributed by atoms with Crippen LogP contribution in [0.5, 0.6) is 0 Å². The number of halogens is 2. The van der Waals surface area contributed by atoms with Crippen molar-refractivity contribution in [1.29, 1.82) is 0 Å². The van der Waals surface area contributed by atoms with Crippen molar-refractivity contribution in [3.63, 3.8) is 0 Å². The van der Waals surface area contributed by atoms with Crippen LogP contribution < -0.4 is 5.73 Å². The Morgan fingerprint density at radius 3 is 2.75 bits per heavy atom. The minimum atomic E-state index is -0.473. The number of nitrogens with two attached hydrogens (primary N) is 1. The van der Waals surface area contributed by atoms with Crippen LogP contribution in [0.3, 0.4) is 0 Å². The molecule has 0 fully saturated rings. The van der Waals surface area contributed by atoms with Crippen LogP contribution in [-0.4, -0.2) is 4.98 Å². The molecule has 0 saturated heterocycles. The molecule has 0 aliphatic rings. The van der Waals surface area contributed by atoms with Crippen LogP contribution in [0.25, 0.3) is 12.2 Å². The highest BCUT2D eigenvalue weighted by Crippen LogP contribution is 2.16. The van der Waals surface area contributed by atoms with Gasteiger partial charge in [0, 0.05) is 10.9 Å². The van der Waals surface area contributed by atoms with Gasteiger partial charge in [0.2, 0.25) is 0 Å². The molecule has 1 heterocycles. The van der Waals surface area contributed by atoms with Crippen LogP contribution >= 0.6 is 11.3 Å². The predicted molar refractivity (Wildman–Crippen MR) is 61.8 cm³/mol. The van der Waals surface area contributed by atoms with Gasteiger partial charge in [-0.3, -0.25) is 0 Å². The average Bonchev–Trinajstić information content (AvgIpc) is 2.66. The first-order valence-electron chi connectivity index (χ1n) is 4.49. The number of benzene rings is 1. The molecule has 0 spiro atoms. The van der Waals surface area contributed by atoms with Crippen molar-refractivity contribution in [2.45, 2.75) is 0 Å². The number of thiazole rings is 1. The van der Waals surface area contributed by atoms with Crippen LogP contribution in [0.2, 0.25) is 0 Å². The number of nitrogens with zero attached hydrogens (tertiary/aromatic N) is 1. The van der Waals surface area contributed by atoms with Crippen molar-refractivity contribution in [2.24, 2.45) is 0 Å². The molecular weight excluding hydrogens is 230 g/mol. The molecule has 2 N–H and O–H groups in total. The largest absolute Gasteiger partial charge is 0.375 e. The molecule has 2 aromatic rings. The molecule has 16 heavy (non-hydrogen) atoms. The fourth-order valence-electron chi connectivity index (χ4n) is 1.19. The summed E-state index contributed by atoms with van der Waals surface area (Å²) in [6.45, 7) is 0. The van der Waals surface area contributed by atoms with Crippen LogP contribution in [0.4, 0.5) is 13.9 Å². The normalized spacial score (nSPS) is 11.1. The van der Waals surface area contributed by atoms with Gasteiger partial charge in [-0.1, -0.05) is 0 Å². The summed E-state index contributed by atoms with van der Waals surface area (Å²) in [5.74, 6) is -0.945. The maximum atomic E-state index is 13.2. The molecule has 82 valence electrons. The molecule has 0 bridgehead atoms. The topological polar surface area (TPSA) is 38.9 Å². The molecule has 0 aliphatic carbocycles. The van der Waals surface area contributed by atoms with E-state index in [1.54, 1.807) is 11.5 Å². The fourth-order valence-corrected chi connectivity index (χ4v) is 1.73. The lowest BCUT2D eigenvalue weighted by atomic mass is 10.2. The summed E-state index contributed by atoms with van der Waals surface area (Å²) < 4.78 is 26.1. The smallest absolute Gasteiger partial charge is 0.180 e. The van der Waals surface area contributed by atoms with Crippen molar-refractivity contribution in [3.05, 3.63) is 46.5 Å². The van der Waals surface area contributed by atoms with E-state index in [-0.39, 0.29) is 5.56 Å². The molecule has 0 amide bonds. The average molecular weight is 238 g/mol. The van der Waals surface area contributed by atoms with Gasteiger partial charge in [0.05, 0.1) is 5.69 Å². The van der Waals surface area contributed by atoms with E-state index in [1.807, 2.05) is 0 Å². The molecule has 0 saturated carbocycles. The number of anilines is 1. The van der Waals surface area contributed by atoms with Crippen LogP contribution in [0.1, 0.15) is 11.3 Å².